The van der Waals surface area contributed by atoms with Gasteiger partial charge in [-0.05, 0) is 67.4 Å². The van der Waals surface area contributed by atoms with Crippen LogP contribution in [0.5, 0.6) is 0 Å². The highest BCUT2D eigenvalue weighted by Gasteiger charge is 2.56. The number of fused-ring (bicyclic) bond motifs is 2. The molecule has 0 unspecified atom stereocenters. The molecule has 0 aromatic heterocycles. The third-order valence-corrected chi connectivity index (χ3v) is 11.1. The summed E-state index contributed by atoms with van der Waals surface area (Å²) in [7, 11) is 0. The van der Waals surface area contributed by atoms with Crippen LogP contribution in [0.15, 0.2) is 119 Å². The molecule has 11 nitrogen and oxygen atoms in total. The van der Waals surface area contributed by atoms with E-state index in [1.165, 1.54) is 41.3 Å². The summed E-state index contributed by atoms with van der Waals surface area (Å²) in [5, 5.41) is 12.0. The van der Waals surface area contributed by atoms with Crippen molar-refractivity contribution in [1.29, 1.82) is 0 Å². The number of aryl methyl sites for hydroxylation is 2. The summed E-state index contributed by atoms with van der Waals surface area (Å²) >= 11 is 7.31. The first-order valence-corrected chi connectivity index (χ1v) is 18.5. The zero-order chi connectivity index (χ0) is 40.6. The molecular weight excluding hydrogens is 789 g/mol. The second-order valence-electron chi connectivity index (χ2n) is 13.1. The summed E-state index contributed by atoms with van der Waals surface area (Å²) in [6, 6.07) is 27.3. The normalized spacial score (nSPS) is 18.6. The minimum Gasteiger partial charge on any atom is -0.459 e. The van der Waals surface area contributed by atoms with Crippen molar-refractivity contribution in [3.8, 4) is 0 Å². The van der Waals surface area contributed by atoms with Gasteiger partial charge in [0.2, 0.25) is 0 Å². The van der Waals surface area contributed by atoms with E-state index in [1.807, 2.05) is 0 Å². The van der Waals surface area contributed by atoms with Gasteiger partial charge in [0.15, 0.2) is 18.4 Å². The average molecular weight is 819 g/mol. The van der Waals surface area contributed by atoms with Crippen molar-refractivity contribution in [2.75, 3.05) is 11.5 Å². The second kappa shape index (κ2) is 15.9. The summed E-state index contributed by atoms with van der Waals surface area (Å²) in [4.78, 5) is 53.9. The standard InChI is InChI=1S/C41H30ClF3N2O9S/c1-22-18-23(2)35-29(19-22)46(32-28(47(51)52)20-27(41(43,44)45)31(42)36(32)57-35)37-34(56-40(50)26-16-10-5-11-17-26)33(55-39(49)25-14-8-4-9-15-25)30(54-37)21-53-38(48)24-12-6-3-7-13-24/h3-20,30,33-34,37H,21H2,1-2H3/t30-,33-,34-,37-/m1/s1. The molecule has 0 radical (unpaired) electrons. The van der Waals surface area contributed by atoms with Crippen LogP contribution in [0.1, 0.15) is 47.8 Å². The van der Waals surface area contributed by atoms with Crippen LogP contribution in [0, 0.1) is 24.0 Å². The van der Waals surface area contributed by atoms with Crippen molar-refractivity contribution in [3.63, 3.8) is 0 Å². The molecule has 0 bridgehead atoms. The van der Waals surface area contributed by atoms with E-state index in [2.05, 4.69) is 0 Å². The highest BCUT2D eigenvalue weighted by molar-refractivity contribution is 8.00. The van der Waals surface area contributed by atoms with E-state index >= 15 is 0 Å². The number of halogens is 4. The third kappa shape index (κ3) is 7.90. The lowest BCUT2D eigenvalue weighted by atomic mass is 10.0. The Labute approximate surface area is 332 Å². The van der Waals surface area contributed by atoms with Crippen molar-refractivity contribution in [3.05, 3.63) is 158 Å². The molecule has 4 atom stereocenters. The van der Waals surface area contributed by atoms with Crippen molar-refractivity contribution < 1.29 is 51.4 Å². The van der Waals surface area contributed by atoms with Gasteiger partial charge in [0.1, 0.15) is 18.4 Å². The molecule has 0 aliphatic carbocycles. The number of rotatable bonds is 9. The van der Waals surface area contributed by atoms with Gasteiger partial charge in [-0.25, -0.2) is 14.4 Å². The summed E-state index contributed by atoms with van der Waals surface area (Å²) in [6.45, 7) is 2.87. The lowest BCUT2D eigenvalue weighted by Gasteiger charge is -2.39. The lowest BCUT2D eigenvalue weighted by Crippen LogP contribution is -2.47. The van der Waals surface area contributed by atoms with E-state index in [0.717, 1.165) is 11.8 Å². The van der Waals surface area contributed by atoms with Gasteiger partial charge in [0.05, 0.1) is 42.8 Å². The van der Waals surface area contributed by atoms with E-state index in [1.54, 1.807) is 80.6 Å². The van der Waals surface area contributed by atoms with Gasteiger partial charge < -0.3 is 23.8 Å². The van der Waals surface area contributed by atoms with Crippen molar-refractivity contribution in [2.24, 2.45) is 0 Å². The van der Waals surface area contributed by atoms with Crippen LogP contribution >= 0.6 is 23.4 Å². The molecule has 0 spiro atoms. The molecule has 16 heteroatoms. The number of alkyl halides is 3. The number of nitrogens with zero attached hydrogens (tertiary/aromatic N) is 2. The van der Waals surface area contributed by atoms with Gasteiger partial charge in [-0.1, -0.05) is 84.0 Å². The maximum atomic E-state index is 14.4. The molecule has 0 amide bonds. The number of esters is 3. The fraction of sp³-hybridized carbons (Fsp3) is 0.195. The predicted octanol–water partition coefficient (Wildman–Crippen LogP) is 9.52. The summed E-state index contributed by atoms with van der Waals surface area (Å²) in [5.41, 5.74) is -0.949. The predicted molar refractivity (Wildman–Crippen MR) is 202 cm³/mol. The Kier molecular flexibility index (Phi) is 11.0. The number of carbonyl (C=O) groups excluding carboxylic acids is 3. The zero-order valence-corrected chi connectivity index (χ0v) is 31.5. The highest BCUT2D eigenvalue weighted by atomic mass is 35.5. The number of hydrogen-bond acceptors (Lipinski definition) is 11. The lowest BCUT2D eigenvalue weighted by molar-refractivity contribution is -0.384. The Bertz CT molecular complexity index is 2370. The molecule has 5 aromatic rings. The van der Waals surface area contributed by atoms with Crippen LogP contribution < -0.4 is 4.90 Å². The highest BCUT2D eigenvalue weighted by Crippen LogP contribution is 2.59. The number of hydrogen-bond donors (Lipinski definition) is 0. The molecule has 57 heavy (non-hydrogen) atoms. The fourth-order valence-corrected chi connectivity index (χ4v) is 8.23. The smallest absolute Gasteiger partial charge is 0.418 e. The molecule has 0 N–H and O–H groups in total. The monoisotopic (exact) mass is 818 g/mol. The van der Waals surface area contributed by atoms with Crippen LogP contribution in [0.25, 0.3) is 0 Å². The number of ether oxygens (including phenoxy) is 4. The number of benzene rings is 5. The van der Waals surface area contributed by atoms with E-state index < -0.39 is 76.4 Å². The molecule has 1 saturated heterocycles. The van der Waals surface area contributed by atoms with Crippen LogP contribution in [0.4, 0.5) is 30.2 Å². The Morgan fingerprint density at radius 3 is 1.86 bits per heavy atom. The van der Waals surface area contributed by atoms with Crippen LogP contribution in [-0.4, -0.2) is 54.0 Å². The van der Waals surface area contributed by atoms with Gasteiger partial charge in [-0.2, -0.15) is 13.2 Å². The van der Waals surface area contributed by atoms with Gasteiger partial charge in [0, 0.05) is 11.0 Å². The minimum absolute atomic E-state index is 0.0777. The van der Waals surface area contributed by atoms with Crippen LogP contribution in [0.3, 0.4) is 0 Å². The molecule has 2 heterocycles. The first-order valence-electron chi connectivity index (χ1n) is 17.3. The molecule has 292 valence electrons. The minimum atomic E-state index is -5.08. The Hall–Kier alpha value is -5.90. The SMILES string of the molecule is Cc1cc(C)c2c(c1)N([C@@H]1O[C@H](COC(=O)c3ccccc3)[C@@H](OC(=O)c3ccccc3)[C@H]1OC(=O)c1ccccc1)c1c([N+](=O)[O-])cc(C(F)(F)F)c(Cl)c1S2. The number of nitro benzene ring substituents is 1. The van der Waals surface area contributed by atoms with Crippen LogP contribution in [-0.2, 0) is 25.1 Å². The number of carbonyl (C=O) groups is 3. The van der Waals surface area contributed by atoms with Gasteiger partial charge >= 0.3 is 24.1 Å². The van der Waals surface area contributed by atoms with Crippen molar-refractivity contribution in [1.82, 2.24) is 0 Å². The maximum absolute atomic E-state index is 14.4. The summed E-state index contributed by atoms with van der Waals surface area (Å²) in [5.74, 6) is -2.56. The molecule has 7 rings (SSSR count). The first-order chi connectivity index (χ1) is 27.2. The molecule has 1 fully saturated rings. The van der Waals surface area contributed by atoms with Crippen molar-refractivity contribution >= 4 is 58.3 Å². The second-order valence-corrected chi connectivity index (χ2v) is 14.5. The maximum Gasteiger partial charge on any atom is 0.418 e. The van der Waals surface area contributed by atoms with E-state index in [9.17, 15) is 37.7 Å². The summed E-state index contributed by atoms with van der Waals surface area (Å²) in [6.07, 6.45) is -11.4. The zero-order valence-electron chi connectivity index (χ0n) is 29.9. The molecule has 5 aromatic carbocycles. The number of anilines is 2. The first kappa shape index (κ1) is 39.3. The molecule has 2 aliphatic heterocycles. The number of nitro groups is 1. The van der Waals surface area contributed by atoms with Gasteiger partial charge in [0.25, 0.3) is 5.69 Å². The van der Waals surface area contributed by atoms with E-state index in [4.69, 9.17) is 30.5 Å². The van der Waals surface area contributed by atoms with E-state index in [-0.39, 0.29) is 33.0 Å². The average Bonchev–Trinajstić information content (AvgIpc) is 3.51. The van der Waals surface area contributed by atoms with Crippen LogP contribution in [0.2, 0.25) is 5.02 Å². The quantitative estimate of drug-likeness (QED) is 0.0609. The van der Waals surface area contributed by atoms with Gasteiger partial charge in [-0.3, -0.25) is 10.1 Å². The molecule has 2 aliphatic rings. The van der Waals surface area contributed by atoms with Crippen molar-refractivity contribution in [2.45, 2.75) is 54.4 Å². The van der Waals surface area contributed by atoms with E-state index in [0.29, 0.717) is 22.1 Å². The molecule has 0 saturated carbocycles. The van der Waals surface area contributed by atoms with Gasteiger partial charge in [-0.15, -0.1) is 0 Å². The largest absolute Gasteiger partial charge is 0.459 e. The fourth-order valence-electron chi connectivity index (χ4n) is 6.68. The Morgan fingerprint density at radius 2 is 1.33 bits per heavy atom. The summed E-state index contributed by atoms with van der Waals surface area (Å²) < 4.78 is 67.5. The topological polar surface area (TPSA) is 135 Å². The Morgan fingerprint density at radius 1 is 0.807 bits per heavy atom. The Balaban J connectivity index is 1.43. The third-order valence-electron chi connectivity index (χ3n) is 9.21. The molecular formula is C41H30ClF3N2O9S.